The molecule has 0 unspecified atom stereocenters. The summed E-state index contributed by atoms with van der Waals surface area (Å²) in [7, 11) is 0. The fraction of sp³-hybridized carbons (Fsp3) is 0.714. The van der Waals surface area contributed by atoms with Crippen molar-refractivity contribution >= 4 is 5.91 Å². The molecule has 0 aromatic carbocycles. The van der Waals surface area contributed by atoms with E-state index in [0.717, 1.165) is 43.9 Å². The molecule has 0 aliphatic carbocycles. The summed E-state index contributed by atoms with van der Waals surface area (Å²) < 4.78 is 1.97. The number of nitrogens with one attached hydrogen (secondary N) is 1. The Labute approximate surface area is 115 Å². The quantitative estimate of drug-likeness (QED) is 0.874. The van der Waals surface area contributed by atoms with Crippen molar-refractivity contribution in [1.29, 1.82) is 0 Å². The van der Waals surface area contributed by atoms with Gasteiger partial charge in [0.25, 0.3) is 5.91 Å². The maximum atomic E-state index is 12.6. The second-order valence-corrected chi connectivity index (χ2v) is 5.98. The molecular weight excluding hydrogens is 240 g/mol. The second-order valence-electron chi connectivity index (χ2n) is 5.98. The highest BCUT2D eigenvalue weighted by Crippen LogP contribution is 2.21. The summed E-state index contributed by atoms with van der Waals surface area (Å²) >= 11 is 0. The minimum Gasteiger partial charge on any atom is -0.336 e. The van der Waals surface area contributed by atoms with Gasteiger partial charge in [-0.3, -0.25) is 9.48 Å². The van der Waals surface area contributed by atoms with Gasteiger partial charge in [0, 0.05) is 26.2 Å². The van der Waals surface area contributed by atoms with Gasteiger partial charge < -0.3 is 10.2 Å². The minimum absolute atomic E-state index is 0.0900. The molecule has 2 rings (SSSR count). The summed E-state index contributed by atoms with van der Waals surface area (Å²) in [6.45, 7) is 11.7. The van der Waals surface area contributed by atoms with Crippen LogP contribution in [-0.4, -0.2) is 46.8 Å². The largest absolute Gasteiger partial charge is 0.336 e. The highest BCUT2D eigenvalue weighted by molar-refractivity contribution is 5.95. The number of hydrogen-bond donors (Lipinski definition) is 1. The lowest BCUT2D eigenvalue weighted by atomic mass is 10.1. The zero-order chi connectivity index (χ0) is 14.0. The van der Waals surface area contributed by atoms with E-state index in [9.17, 15) is 4.79 Å². The molecule has 0 radical (unpaired) electrons. The molecule has 1 aliphatic rings. The Morgan fingerprint density at radius 3 is 2.53 bits per heavy atom. The maximum Gasteiger partial charge on any atom is 0.257 e. The topological polar surface area (TPSA) is 50.2 Å². The molecule has 5 heteroatoms. The van der Waals surface area contributed by atoms with Crippen LogP contribution in [-0.2, 0) is 12.0 Å². The van der Waals surface area contributed by atoms with Crippen molar-refractivity contribution in [3.05, 3.63) is 17.5 Å². The standard InChI is InChI=1S/C14H24N4O/c1-5-12-11(10-16-18(12)14(2,3)4)13(19)17-8-6-15-7-9-17/h10,15H,5-9H2,1-4H3. The van der Waals surface area contributed by atoms with Crippen LogP contribution in [0.2, 0.25) is 0 Å². The molecule has 1 N–H and O–H groups in total. The number of nitrogens with zero attached hydrogens (tertiary/aromatic N) is 3. The van der Waals surface area contributed by atoms with Gasteiger partial charge in [0.2, 0.25) is 0 Å². The van der Waals surface area contributed by atoms with Crippen LogP contribution in [0.3, 0.4) is 0 Å². The first-order chi connectivity index (χ1) is 8.95. The van der Waals surface area contributed by atoms with Gasteiger partial charge in [0.15, 0.2) is 0 Å². The lowest BCUT2D eigenvalue weighted by molar-refractivity contribution is 0.0734. The van der Waals surface area contributed by atoms with Crippen molar-refractivity contribution in [2.24, 2.45) is 0 Å². The summed E-state index contributed by atoms with van der Waals surface area (Å²) in [6.07, 6.45) is 2.55. The normalized spacial score (nSPS) is 16.7. The van der Waals surface area contributed by atoms with E-state index in [2.05, 4.69) is 38.1 Å². The maximum absolute atomic E-state index is 12.6. The first-order valence-corrected chi connectivity index (χ1v) is 7.02. The van der Waals surface area contributed by atoms with Crippen LogP contribution < -0.4 is 5.32 Å². The van der Waals surface area contributed by atoms with Crippen molar-refractivity contribution in [2.45, 2.75) is 39.7 Å². The van der Waals surface area contributed by atoms with Gasteiger partial charge in [0.1, 0.15) is 0 Å². The van der Waals surface area contributed by atoms with E-state index in [-0.39, 0.29) is 11.4 Å². The molecule has 1 fully saturated rings. The predicted molar refractivity (Wildman–Crippen MR) is 75.4 cm³/mol. The van der Waals surface area contributed by atoms with Gasteiger partial charge >= 0.3 is 0 Å². The lowest BCUT2D eigenvalue weighted by Crippen LogP contribution is -2.46. The molecule has 1 aromatic rings. The van der Waals surface area contributed by atoms with Gasteiger partial charge in [-0.15, -0.1) is 0 Å². The van der Waals surface area contributed by atoms with Gasteiger partial charge in [-0.1, -0.05) is 6.92 Å². The van der Waals surface area contributed by atoms with Crippen molar-refractivity contribution in [3.8, 4) is 0 Å². The molecule has 2 heterocycles. The average Bonchev–Trinajstić information content (AvgIpc) is 2.82. The van der Waals surface area contributed by atoms with E-state index in [1.54, 1.807) is 6.20 Å². The van der Waals surface area contributed by atoms with E-state index in [1.165, 1.54) is 0 Å². The molecule has 106 valence electrons. The summed E-state index contributed by atoms with van der Waals surface area (Å²) in [6, 6.07) is 0. The van der Waals surface area contributed by atoms with Crippen molar-refractivity contribution in [3.63, 3.8) is 0 Å². The first-order valence-electron chi connectivity index (χ1n) is 7.02. The van der Waals surface area contributed by atoms with E-state index in [0.29, 0.717) is 0 Å². The highest BCUT2D eigenvalue weighted by Gasteiger charge is 2.26. The van der Waals surface area contributed by atoms with E-state index >= 15 is 0 Å². The molecular formula is C14H24N4O. The number of carbonyl (C=O) groups is 1. The summed E-state index contributed by atoms with van der Waals surface area (Å²) in [5.41, 5.74) is 1.71. The minimum atomic E-state index is -0.0900. The van der Waals surface area contributed by atoms with Crippen LogP contribution in [0, 0.1) is 0 Å². The van der Waals surface area contributed by atoms with Crippen molar-refractivity contribution < 1.29 is 4.79 Å². The number of carbonyl (C=O) groups excluding carboxylic acids is 1. The van der Waals surface area contributed by atoms with Crippen LogP contribution in [0.5, 0.6) is 0 Å². The Hall–Kier alpha value is -1.36. The number of rotatable bonds is 2. The SMILES string of the molecule is CCc1c(C(=O)N2CCNCC2)cnn1C(C)(C)C. The number of hydrogen-bond acceptors (Lipinski definition) is 3. The molecule has 0 bridgehead atoms. The Bertz CT molecular complexity index is 453. The Kier molecular flexibility index (Phi) is 3.94. The first kappa shape index (κ1) is 14.1. The van der Waals surface area contributed by atoms with Crippen LogP contribution in [0.4, 0.5) is 0 Å². The Balaban J connectivity index is 2.29. The average molecular weight is 264 g/mol. The molecule has 19 heavy (non-hydrogen) atoms. The Morgan fingerprint density at radius 2 is 2.00 bits per heavy atom. The lowest BCUT2D eigenvalue weighted by Gasteiger charge is -2.28. The summed E-state index contributed by atoms with van der Waals surface area (Å²) in [4.78, 5) is 14.5. The molecule has 0 atom stereocenters. The predicted octanol–water partition coefficient (Wildman–Crippen LogP) is 1.25. The Morgan fingerprint density at radius 1 is 1.37 bits per heavy atom. The third-order valence-corrected chi connectivity index (χ3v) is 3.47. The van der Waals surface area contributed by atoms with E-state index in [1.807, 2.05) is 9.58 Å². The number of piperazine rings is 1. The fourth-order valence-corrected chi connectivity index (χ4v) is 2.51. The monoisotopic (exact) mass is 264 g/mol. The molecule has 1 aliphatic heterocycles. The molecule has 5 nitrogen and oxygen atoms in total. The van der Waals surface area contributed by atoms with Gasteiger partial charge in [-0.05, 0) is 27.2 Å². The van der Waals surface area contributed by atoms with Gasteiger partial charge in [-0.25, -0.2) is 0 Å². The van der Waals surface area contributed by atoms with Crippen molar-refractivity contribution in [1.82, 2.24) is 20.0 Å². The van der Waals surface area contributed by atoms with Crippen LogP contribution in [0.15, 0.2) is 6.20 Å². The zero-order valence-corrected chi connectivity index (χ0v) is 12.4. The van der Waals surface area contributed by atoms with Gasteiger partial charge in [0.05, 0.1) is 23.0 Å². The molecule has 1 saturated heterocycles. The van der Waals surface area contributed by atoms with Crippen LogP contribution in [0.1, 0.15) is 43.7 Å². The second kappa shape index (κ2) is 5.33. The third kappa shape index (κ3) is 2.81. The third-order valence-electron chi connectivity index (χ3n) is 3.47. The molecule has 1 aromatic heterocycles. The highest BCUT2D eigenvalue weighted by atomic mass is 16.2. The van der Waals surface area contributed by atoms with Crippen LogP contribution in [0.25, 0.3) is 0 Å². The fourth-order valence-electron chi connectivity index (χ4n) is 2.51. The summed E-state index contributed by atoms with van der Waals surface area (Å²) in [5.74, 6) is 0.119. The number of aromatic nitrogens is 2. The molecule has 0 spiro atoms. The van der Waals surface area contributed by atoms with Gasteiger partial charge in [-0.2, -0.15) is 5.10 Å². The smallest absolute Gasteiger partial charge is 0.257 e. The molecule has 1 amide bonds. The summed E-state index contributed by atoms with van der Waals surface area (Å²) in [5, 5.41) is 7.69. The van der Waals surface area contributed by atoms with E-state index < -0.39 is 0 Å². The van der Waals surface area contributed by atoms with Crippen LogP contribution >= 0.6 is 0 Å². The zero-order valence-electron chi connectivity index (χ0n) is 12.4. The molecule has 0 saturated carbocycles. The van der Waals surface area contributed by atoms with E-state index in [4.69, 9.17) is 0 Å². The number of amides is 1. The van der Waals surface area contributed by atoms with Crippen molar-refractivity contribution in [2.75, 3.05) is 26.2 Å².